The average molecular weight is 300 g/mol. The monoisotopic (exact) mass is 298 g/mol. The molecule has 16 heavy (non-hydrogen) atoms. The van der Waals surface area contributed by atoms with Gasteiger partial charge in [-0.2, -0.15) is 15.6 Å². The van der Waals surface area contributed by atoms with E-state index in [1.54, 1.807) is 12.1 Å². The molecule has 0 fully saturated rings. The molecule has 0 saturated heterocycles. The van der Waals surface area contributed by atoms with Crippen molar-refractivity contribution in [2.24, 2.45) is 5.10 Å². The fraction of sp³-hybridized carbons (Fsp3) is 0. The molecule has 2 N–H and O–H groups in total. The van der Waals surface area contributed by atoms with Crippen molar-refractivity contribution < 1.29 is 5.11 Å². The van der Waals surface area contributed by atoms with Crippen molar-refractivity contribution in [3.63, 3.8) is 0 Å². The number of hydrogen-bond donors (Lipinski definition) is 2. The minimum atomic E-state index is -0.351. The van der Waals surface area contributed by atoms with Crippen LogP contribution >= 0.6 is 27.5 Å². The minimum absolute atomic E-state index is 0.108. The summed E-state index contributed by atoms with van der Waals surface area (Å²) in [5.74, 6) is -0.108. The van der Waals surface area contributed by atoms with Crippen molar-refractivity contribution in [1.82, 2.24) is 0 Å². The predicted molar refractivity (Wildman–Crippen MR) is 63.1 cm³/mol. The maximum atomic E-state index is 9.58. The van der Waals surface area contributed by atoms with Gasteiger partial charge in [-0.25, -0.2) is 0 Å². The van der Waals surface area contributed by atoms with Gasteiger partial charge in [-0.15, -0.1) is 0 Å². The van der Waals surface area contributed by atoms with E-state index in [2.05, 4.69) is 26.5 Å². The van der Waals surface area contributed by atoms with Gasteiger partial charge in [-0.3, -0.25) is 5.43 Å². The molecule has 0 amide bonds. The van der Waals surface area contributed by atoms with Crippen molar-refractivity contribution in [2.45, 2.75) is 0 Å². The molecule has 0 heterocycles. The van der Waals surface area contributed by atoms with Crippen molar-refractivity contribution >= 4 is 38.9 Å². The van der Waals surface area contributed by atoms with Crippen LogP contribution in [0.2, 0.25) is 5.02 Å². The van der Waals surface area contributed by atoms with Crippen LogP contribution in [0.1, 0.15) is 0 Å². The van der Waals surface area contributed by atoms with Crippen LogP contribution in [0, 0.1) is 22.7 Å². The lowest BCUT2D eigenvalue weighted by molar-refractivity contribution is 0.474. The van der Waals surface area contributed by atoms with Gasteiger partial charge in [0.1, 0.15) is 17.8 Å². The first-order valence-corrected chi connectivity index (χ1v) is 5.07. The number of nitriles is 2. The molecule has 0 radical (unpaired) electrons. The molecule has 0 saturated carbocycles. The van der Waals surface area contributed by atoms with Crippen LogP contribution in [-0.4, -0.2) is 10.8 Å². The third-order valence-electron chi connectivity index (χ3n) is 1.53. The third kappa shape index (κ3) is 2.86. The van der Waals surface area contributed by atoms with E-state index in [1.807, 2.05) is 0 Å². The van der Waals surface area contributed by atoms with E-state index < -0.39 is 0 Å². The summed E-state index contributed by atoms with van der Waals surface area (Å²) in [6.07, 6.45) is 0. The Hall–Kier alpha value is -1.76. The number of benzene rings is 1. The molecule has 0 aromatic heterocycles. The zero-order valence-electron chi connectivity index (χ0n) is 7.70. The Labute approximate surface area is 105 Å². The molecule has 0 bridgehead atoms. The molecule has 0 aliphatic carbocycles. The first kappa shape index (κ1) is 12.3. The van der Waals surface area contributed by atoms with Crippen LogP contribution in [0.15, 0.2) is 21.7 Å². The molecular weight excluding hydrogens is 295 g/mol. The molecule has 0 atom stereocenters. The second-order valence-electron chi connectivity index (χ2n) is 2.58. The highest BCUT2D eigenvalue weighted by atomic mass is 79.9. The summed E-state index contributed by atoms with van der Waals surface area (Å²) >= 11 is 8.83. The maximum Gasteiger partial charge on any atom is 0.237 e. The van der Waals surface area contributed by atoms with E-state index in [0.717, 1.165) is 0 Å². The van der Waals surface area contributed by atoms with Crippen LogP contribution in [-0.2, 0) is 0 Å². The number of nitrogens with zero attached hydrogens (tertiary/aromatic N) is 3. The Balaban J connectivity index is 3.05. The second-order valence-corrected chi connectivity index (χ2v) is 3.87. The van der Waals surface area contributed by atoms with Crippen LogP contribution in [0.3, 0.4) is 0 Å². The number of nitrogens with one attached hydrogen (secondary N) is 1. The van der Waals surface area contributed by atoms with Gasteiger partial charge in [-0.05, 0) is 28.1 Å². The zero-order valence-corrected chi connectivity index (χ0v) is 10.0. The summed E-state index contributed by atoms with van der Waals surface area (Å²) < 4.78 is 0.383. The molecule has 0 unspecified atom stereocenters. The van der Waals surface area contributed by atoms with E-state index in [1.165, 1.54) is 12.1 Å². The summed E-state index contributed by atoms with van der Waals surface area (Å²) in [6.45, 7) is 0. The largest absolute Gasteiger partial charge is 0.505 e. The fourth-order valence-electron chi connectivity index (χ4n) is 0.842. The van der Waals surface area contributed by atoms with Crippen molar-refractivity contribution in [2.75, 3.05) is 5.43 Å². The van der Waals surface area contributed by atoms with Crippen LogP contribution in [0.5, 0.6) is 5.75 Å². The van der Waals surface area contributed by atoms with Crippen molar-refractivity contribution in [3.8, 4) is 17.9 Å². The zero-order chi connectivity index (χ0) is 12.1. The molecule has 0 aliphatic heterocycles. The summed E-state index contributed by atoms with van der Waals surface area (Å²) in [4.78, 5) is 0. The van der Waals surface area contributed by atoms with Gasteiger partial charge >= 0.3 is 0 Å². The summed E-state index contributed by atoms with van der Waals surface area (Å²) in [7, 11) is 0. The lowest BCUT2D eigenvalue weighted by Gasteiger charge is -2.05. The van der Waals surface area contributed by atoms with E-state index in [0.29, 0.717) is 9.50 Å². The highest BCUT2D eigenvalue weighted by Gasteiger charge is 2.07. The number of aromatic hydroxyl groups is 1. The van der Waals surface area contributed by atoms with Gasteiger partial charge in [0, 0.05) is 5.02 Å². The average Bonchev–Trinajstić information content (AvgIpc) is 2.26. The van der Waals surface area contributed by atoms with Crippen LogP contribution in [0.25, 0.3) is 0 Å². The molecule has 0 spiro atoms. The maximum absolute atomic E-state index is 9.58. The highest BCUT2D eigenvalue weighted by molar-refractivity contribution is 9.10. The topological polar surface area (TPSA) is 92.2 Å². The molecular formula is C9H4BrClN4O. The lowest BCUT2D eigenvalue weighted by atomic mass is 10.3. The minimum Gasteiger partial charge on any atom is -0.505 e. The second kappa shape index (κ2) is 5.36. The quantitative estimate of drug-likeness (QED) is 0.499. The fourth-order valence-corrected chi connectivity index (χ4v) is 1.65. The number of rotatable bonds is 2. The summed E-state index contributed by atoms with van der Waals surface area (Å²) in [5, 5.41) is 30.3. The number of hydrogen-bond acceptors (Lipinski definition) is 5. The Morgan fingerprint density at radius 3 is 2.62 bits per heavy atom. The van der Waals surface area contributed by atoms with E-state index in [4.69, 9.17) is 22.1 Å². The van der Waals surface area contributed by atoms with Crippen molar-refractivity contribution in [1.29, 1.82) is 10.5 Å². The molecule has 5 nitrogen and oxygen atoms in total. The van der Waals surface area contributed by atoms with Gasteiger partial charge in [0.05, 0.1) is 4.47 Å². The van der Waals surface area contributed by atoms with Crippen LogP contribution < -0.4 is 5.43 Å². The van der Waals surface area contributed by atoms with E-state index in [9.17, 15) is 5.11 Å². The highest BCUT2D eigenvalue weighted by Crippen LogP contribution is 2.35. The Morgan fingerprint density at radius 1 is 1.44 bits per heavy atom. The number of halogens is 2. The molecule has 1 rings (SSSR count). The molecule has 80 valence electrons. The SMILES string of the molecule is N#CC(C#N)=NNc1cc(Cl)cc(Br)c1O. The summed E-state index contributed by atoms with van der Waals surface area (Å²) in [5.41, 5.74) is 2.22. The third-order valence-corrected chi connectivity index (χ3v) is 2.35. The van der Waals surface area contributed by atoms with Gasteiger partial charge in [-0.1, -0.05) is 11.6 Å². The number of anilines is 1. The van der Waals surface area contributed by atoms with Gasteiger partial charge < -0.3 is 5.11 Å². The van der Waals surface area contributed by atoms with Gasteiger partial charge in [0.25, 0.3) is 0 Å². The molecule has 0 aliphatic rings. The predicted octanol–water partition coefficient (Wildman–Crippen LogP) is 2.62. The molecule has 1 aromatic rings. The van der Waals surface area contributed by atoms with Crippen molar-refractivity contribution in [3.05, 3.63) is 21.6 Å². The van der Waals surface area contributed by atoms with Crippen LogP contribution in [0.4, 0.5) is 5.69 Å². The van der Waals surface area contributed by atoms with Gasteiger partial charge in [0.2, 0.25) is 5.71 Å². The smallest absolute Gasteiger partial charge is 0.237 e. The lowest BCUT2D eigenvalue weighted by Crippen LogP contribution is -1.96. The first-order chi connectivity index (χ1) is 7.58. The standard InChI is InChI=1S/C9H4BrClN4O/c10-7-1-5(11)2-8(9(7)16)15-14-6(3-12)4-13/h1-2,15-16H. The number of hydrazone groups is 1. The molecule has 7 heteroatoms. The number of phenolic OH excluding ortho intramolecular Hbond substituents is 1. The normalized spacial score (nSPS) is 8.75. The molecule has 1 aromatic carbocycles. The Morgan fingerprint density at radius 2 is 2.06 bits per heavy atom. The van der Waals surface area contributed by atoms with E-state index in [-0.39, 0.29) is 17.1 Å². The Bertz CT molecular complexity index is 514. The van der Waals surface area contributed by atoms with E-state index >= 15 is 0 Å². The summed E-state index contributed by atoms with van der Waals surface area (Å²) in [6, 6.07) is 6.06. The van der Waals surface area contributed by atoms with Gasteiger partial charge in [0.15, 0.2) is 5.75 Å². The first-order valence-electron chi connectivity index (χ1n) is 3.90. The Kier molecular flexibility index (Phi) is 4.12. The number of phenols is 1.